The van der Waals surface area contributed by atoms with Gasteiger partial charge >= 0.3 is 0 Å². The summed E-state index contributed by atoms with van der Waals surface area (Å²) in [6.07, 6.45) is -1.01. The molecule has 0 unspecified atom stereocenters. The highest BCUT2D eigenvalue weighted by Crippen LogP contribution is 2.57. The molecule has 2 heterocycles. The van der Waals surface area contributed by atoms with Gasteiger partial charge in [-0.15, -0.1) is 0 Å². The fraction of sp³-hybridized carbons (Fsp3) is 0.154. The van der Waals surface area contributed by atoms with Gasteiger partial charge in [0.25, 0.3) is 0 Å². The highest BCUT2D eigenvalue weighted by Gasteiger charge is 2.74. The van der Waals surface area contributed by atoms with Crippen molar-refractivity contribution in [2.24, 2.45) is 11.8 Å². The number of fused-ring (bicyclic) bond motifs is 3. The standard InChI is InChI=1S/C26H15BrFNO5/c27-14-5-3-4-13(12-14)21-19-20(25(33)29(24(19)32)16-10-8-15(28)9-11-16)26(34-21)22(30)17-6-1-2-7-18(17)23(26)31/h1-12,19-21H/t19-,20-,21+/m1/s1. The van der Waals surface area contributed by atoms with Crippen LogP contribution in [0.25, 0.3) is 0 Å². The minimum Gasteiger partial charge on any atom is -0.349 e. The highest BCUT2D eigenvalue weighted by atomic mass is 79.9. The lowest BCUT2D eigenvalue weighted by Crippen LogP contribution is -2.51. The van der Waals surface area contributed by atoms with Crippen molar-refractivity contribution in [2.75, 3.05) is 4.90 Å². The zero-order chi connectivity index (χ0) is 23.8. The normalized spacial score (nSPS) is 24.8. The van der Waals surface area contributed by atoms with Crippen molar-refractivity contribution >= 4 is 45.0 Å². The van der Waals surface area contributed by atoms with Crippen molar-refractivity contribution < 1.29 is 28.3 Å². The molecule has 1 spiro atoms. The third-order valence-electron chi connectivity index (χ3n) is 6.78. The van der Waals surface area contributed by atoms with Crippen LogP contribution in [0.2, 0.25) is 0 Å². The van der Waals surface area contributed by atoms with Crippen LogP contribution in [0.15, 0.2) is 77.3 Å². The smallest absolute Gasteiger partial charge is 0.241 e. The molecule has 0 radical (unpaired) electrons. The quantitative estimate of drug-likeness (QED) is 0.372. The van der Waals surface area contributed by atoms with Crippen LogP contribution in [0.4, 0.5) is 10.1 Å². The summed E-state index contributed by atoms with van der Waals surface area (Å²) >= 11 is 3.40. The summed E-state index contributed by atoms with van der Waals surface area (Å²) in [6, 6.07) is 18.2. The molecular formula is C26H15BrFNO5. The first kappa shape index (κ1) is 21.1. The van der Waals surface area contributed by atoms with Crippen LogP contribution in [0.5, 0.6) is 0 Å². The van der Waals surface area contributed by atoms with Gasteiger partial charge in [0.15, 0.2) is 0 Å². The Bertz CT molecular complexity index is 1380. The number of benzene rings is 3. The zero-order valence-corrected chi connectivity index (χ0v) is 19.0. The number of Topliss-reactive ketones (excluding diaryl/α,β-unsaturated/α-hetero) is 2. The Balaban J connectivity index is 1.55. The van der Waals surface area contributed by atoms with E-state index in [4.69, 9.17) is 4.74 Å². The molecule has 0 N–H and O–H groups in total. The van der Waals surface area contributed by atoms with Crippen molar-refractivity contribution in [2.45, 2.75) is 11.7 Å². The van der Waals surface area contributed by atoms with Crippen LogP contribution in [-0.2, 0) is 14.3 Å². The van der Waals surface area contributed by atoms with Crippen molar-refractivity contribution in [1.82, 2.24) is 0 Å². The second kappa shape index (κ2) is 7.25. The van der Waals surface area contributed by atoms with E-state index < -0.39 is 52.7 Å². The number of anilines is 1. The van der Waals surface area contributed by atoms with Crippen LogP contribution in [0, 0.1) is 17.7 Å². The number of ketones is 2. The van der Waals surface area contributed by atoms with Gasteiger partial charge in [0.2, 0.25) is 29.0 Å². The summed E-state index contributed by atoms with van der Waals surface area (Å²) in [5.41, 5.74) is -1.07. The molecule has 0 bridgehead atoms. The molecule has 2 aliphatic heterocycles. The summed E-state index contributed by atoms with van der Waals surface area (Å²) in [5.74, 6) is -5.53. The van der Waals surface area contributed by atoms with Gasteiger partial charge in [-0.3, -0.25) is 19.2 Å². The van der Waals surface area contributed by atoms with Crippen LogP contribution < -0.4 is 4.90 Å². The lowest BCUT2D eigenvalue weighted by Gasteiger charge is -2.27. The Hall–Kier alpha value is -3.49. The van der Waals surface area contributed by atoms with Gasteiger partial charge in [0.1, 0.15) is 5.82 Å². The molecule has 34 heavy (non-hydrogen) atoms. The molecule has 8 heteroatoms. The molecule has 2 saturated heterocycles. The molecular weight excluding hydrogens is 505 g/mol. The number of halogens is 2. The van der Waals surface area contributed by atoms with E-state index in [2.05, 4.69) is 15.9 Å². The first-order valence-electron chi connectivity index (χ1n) is 10.6. The van der Waals surface area contributed by atoms with E-state index in [1.54, 1.807) is 36.4 Å². The topological polar surface area (TPSA) is 80.8 Å². The van der Waals surface area contributed by atoms with Gasteiger partial charge in [-0.1, -0.05) is 52.3 Å². The Labute approximate surface area is 201 Å². The molecule has 6 rings (SSSR count). The second-order valence-electron chi connectivity index (χ2n) is 8.52. The molecule has 0 aromatic heterocycles. The fourth-order valence-corrected chi connectivity index (χ4v) is 5.76. The lowest BCUT2D eigenvalue weighted by molar-refractivity contribution is -0.127. The van der Waals surface area contributed by atoms with E-state index in [-0.39, 0.29) is 16.8 Å². The van der Waals surface area contributed by atoms with E-state index in [1.807, 2.05) is 0 Å². The van der Waals surface area contributed by atoms with E-state index >= 15 is 0 Å². The van der Waals surface area contributed by atoms with Crippen LogP contribution in [0.3, 0.4) is 0 Å². The van der Waals surface area contributed by atoms with Gasteiger partial charge in [-0.2, -0.15) is 0 Å². The number of carbonyl (C=O) groups is 4. The SMILES string of the molecule is O=C1[C@H]2[C@H](c3cccc(Br)c3)OC3(C(=O)c4ccccc4C3=O)[C@H]2C(=O)N1c1ccc(F)cc1. The number of hydrogen-bond donors (Lipinski definition) is 0. The maximum atomic E-state index is 13.7. The molecule has 1 aliphatic carbocycles. The molecule has 3 aliphatic rings. The molecule has 0 saturated carbocycles. The fourth-order valence-electron chi connectivity index (χ4n) is 5.35. The Morgan fingerprint density at radius 3 is 2.09 bits per heavy atom. The Morgan fingerprint density at radius 2 is 1.47 bits per heavy atom. The number of hydrogen-bond acceptors (Lipinski definition) is 5. The van der Waals surface area contributed by atoms with E-state index in [9.17, 15) is 23.6 Å². The largest absolute Gasteiger partial charge is 0.349 e. The van der Waals surface area contributed by atoms with Crippen molar-refractivity contribution in [1.29, 1.82) is 0 Å². The zero-order valence-electron chi connectivity index (χ0n) is 17.4. The van der Waals surface area contributed by atoms with Crippen LogP contribution in [-0.4, -0.2) is 29.0 Å². The Kier molecular flexibility index (Phi) is 4.49. The van der Waals surface area contributed by atoms with E-state index in [1.165, 1.54) is 24.3 Å². The number of rotatable bonds is 2. The number of carbonyl (C=O) groups excluding carboxylic acids is 4. The number of nitrogens with zero attached hydrogens (tertiary/aromatic N) is 1. The summed E-state index contributed by atoms with van der Waals surface area (Å²) < 4.78 is 20.4. The molecule has 168 valence electrons. The van der Waals surface area contributed by atoms with E-state index in [0.29, 0.717) is 10.0 Å². The summed E-state index contributed by atoms with van der Waals surface area (Å²) in [4.78, 5) is 55.7. The number of amides is 2. The number of ether oxygens (including phenoxy) is 1. The van der Waals surface area contributed by atoms with Gasteiger partial charge in [-0.25, -0.2) is 9.29 Å². The molecule has 2 fully saturated rings. The third kappa shape index (κ3) is 2.63. The maximum absolute atomic E-state index is 13.7. The third-order valence-corrected chi connectivity index (χ3v) is 7.27. The van der Waals surface area contributed by atoms with Crippen molar-refractivity contribution in [3.8, 4) is 0 Å². The average molecular weight is 520 g/mol. The maximum Gasteiger partial charge on any atom is 0.241 e. The van der Waals surface area contributed by atoms with Gasteiger partial charge in [-0.05, 0) is 42.0 Å². The highest BCUT2D eigenvalue weighted by molar-refractivity contribution is 9.10. The monoisotopic (exact) mass is 519 g/mol. The van der Waals surface area contributed by atoms with Gasteiger partial charge < -0.3 is 4.74 Å². The lowest BCUT2D eigenvalue weighted by atomic mass is 9.77. The molecule has 3 atom stereocenters. The second-order valence-corrected chi connectivity index (χ2v) is 9.44. The van der Waals surface area contributed by atoms with Crippen molar-refractivity contribution in [3.63, 3.8) is 0 Å². The predicted molar refractivity (Wildman–Crippen MR) is 122 cm³/mol. The first-order valence-corrected chi connectivity index (χ1v) is 11.4. The predicted octanol–water partition coefficient (Wildman–Crippen LogP) is 4.28. The average Bonchev–Trinajstić information content (AvgIpc) is 3.40. The van der Waals surface area contributed by atoms with Gasteiger partial charge in [0, 0.05) is 15.6 Å². The molecule has 3 aromatic carbocycles. The molecule has 2 amide bonds. The molecule has 3 aromatic rings. The minimum absolute atomic E-state index is 0.168. The van der Waals surface area contributed by atoms with Crippen molar-refractivity contribution in [3.05, 3.63) is 99.8 Å². The number of imide groups is 1. The first-order chi connectivity index (χ1) is 16.3. The summed E-state index contributed by atoms with van der Waals surface area (Å²) in [6.45, 7) is 0. The summed E-state index contributed by atoms with van der Waals surface area (Å²) in [7, 11) is 0. The Morgan fingerprint density at radius 1 is 0.824 bits per heavy atom. The van der Waals surface area contributed by atoms with Crippen LogP contribution in [0.1, 0.15) is 32.4 Å². The summed E-state index contributed by atoms with van der Waals surface area (Å²) in [5, 5.41) is 0. The van der Waals surface area contributed by atoms with Gasteiger partial charge in [0.05, 0.1) is 23.6 Å². The van der Waals surface area contributed by atoms with E-state index in [0.717, 1.165) is 17.0 Å². The van der Waals surface area contributed by atoms with Crippen LogP contribution >= 0.6 is 15.9 Å². The molecule has 6 nitrogen and oxygen atoms in total. The minimum atomic E-state index is -2.14.